The van der Waals surface area contributed by atoms with Crippen LogP contribution < -0.4 is 20.7 Å². The van der Waals surface area contributed by atoms with Crippen molar-refractivity contribution in [2.45, 2.75) is 37.1 Å². The zero-order valence-electron chi connectivity index (χ0n) is 19.4. The van der Waals surface area contributed by atoms with Gasteiger partial charge in [-0.25, -0.2) is 0 Å². The third kappa shape index (κ3) is 3.51. The second-order valence-corrected chi connectivity index (χ2v) is 9.15. The molecule has 1 fully saturated rings. The van der Waals surface area contributed by atoms with Gasteiger partial charge in [-0.15, -0.1) is 0 Å². The van der Waals surface area contributed by atoms with E-state index in [1.54, 1.807) is 12.0 Å². The SMILES string of the molecule is C=CC(=O)N1CCN(c2nc(OC)nc3c2NC(=O)C2(CCCc4ccccc42)C3)C[C@@H]1CN. The van der Waals surface area contributed by atoms with Crippen molar-refractivity contribution in [1.29, 1.82) is 0 Å². The van der Waals surface area contributed by atoms with E-state index in [2.05, 4.69) is 38.9 Å². The number of nitrogens with two attached hydrogens (primary N) is 1. The minimum absolute atomic E-state index is 0.0157. The number of piperazine rings is 1. The average molecular weight is 463 g/mol. The number of aromatic nitrogens is 2. The second kappa shape index (κ2) is 8.72. The van der Waals surface area contributed by atoms with Gasteiger partial charge in [0.2, 0.25) is 11.8 Å². The lowest BCUT2D eigenvalue weighted by Crippen LogP contribution is -2.58. The molecular weight excluding hydrogens is 432 g/mol. The Balaban J connectivity index is 1.53. The van der Waals surface area contributed by atoms with Gasteiger partial charge in [0.05, 0.1) is 24.3 Å². The Morgan fingerprint density at radius 2 is 2.18 bits per heavy atom. The molecular formula is C25H30N6O3. The van der Waals surface area contributed by atoms with E-state index < -0.39 is 5.41 Å². The van der Waals surface area contributed by atoms with Crippen molar-refractivity contribution in [3.05, 3.63) is 53.7 Å². The number of carbonyl (C=O) groups excluding carboxylic acids is 2. The van der Waals surface area contributed by atoms with Gasteiger partial charge in [-0.1, -0.05) is 30.8 Å². The highest BCUT2D eigenvalue weighted by molar-refractivity contribution is 6.04. The largest absolute Gasteiger partial charge is 0.467 e. The van der Waals surface area contributed by atoms with Crippen LogP contribution in [0.2, 0.25) is 0 Å². The first kappa shape index (κ1) is 22.3. The standard InChI is InChI=1S/C25H30N6O3/c1-3-20(32)31-12-11-30(15-17(31)14-26)22-21-19(27-24(29-22)34-2)13-25(23(33)28-21)10-6-8-16-7-4-5-9-18(16)25/h3-5,7,9,17H,1,6,8,10-15,26H2,2H3,(H,28,33)/t17-,25?/m0/s1. The molecule has 3 heterocycles. The minimum atomic E-state index is -0.645. The number of hydrogen-bond donors (Lipinski definition) is 2. The maximum absolute atomic E-state index is 13.7. The van der Waals surface area contributed by atoms with E-state index in [4.69, 9.17) is 10.5 Å². The van der Waals surface area contributed by atoms with Crippen LogP contribution in [0.1, 0.15) is 29.7 Å². The number of nitrogens with zero attached hydrogens (tertiary/aromatic N) is 4. The molecule has 5 rings (SSSR count). The molecule has 1 aromatic heterocycles. The fourth-order valence-corrected chi connectivity index (χ4v) is 5.64. The van der Waals surface area contributed by atoms with Gasteiger partial charge in [-0.2, -0.15) is 9.97 Å². The van der Waals surface area contributed by atoms with Crippen LogP contribution >= 0.6 is 0 Å². The highest BCUT2D eigenvalue weighted by atomic mass is 16.5. The number of nitrogens with one attached hydrogen (secondary N) is 1. The Labute approximate surface area is 199 Å². The first-order chi connectivity index (χ1) is 16.5. The predicted molar refractivity (Wildman–Crippen MR) is 129 cm³/mol. The lowest BCUT2D eigenvalue weighted by Gasteiger charge is -2.44. The summed E-state index contributed by atoms with van der Waals surface area (Å²) in [6, 6.07) is 8.28. The Morgan fingerprint density at radius 3 is 2.94 bits per heavy atom. The summed E-state index contributed by atoms with van der Waals surface area (Å²) in [5, 5.41) is 3.17. The summed E-state index contributed by atoms with van der Waals surface area (Å²) in [6.07, 6.45) is 4.51. The molecule has 0 radical (unpaired) electrons. The number of amides is 2. The molecule has 34 heavy (non-hydrogen) atoms. The summed E-state index contributed by atoms with van der Waals surface area (Å²) >= 11 is 0. The molecule has 0 bridgehead atoms. The predicted octanol–water partition coefficient (Wildman–Crippen LogP) is 1.42. The van der Waals surface area contributed by atoms with Crippen molar-refractivity contribution >= 4 is 23.3 Å². The summed E-state index contributed by atoms with van der Waals surface area (Å²) in [5.74, 6) is 0.458. The Bertz CT molecular complexity index is 1150. The maximum atomic E-state index is 13.7. The number of benzene rings is 1. The monoisotopic (exact) mass is 462 g/mol. The Hall–Kier alpha value is -3.46. The van der Waals surface area contributed by atoms with Crippen LogP contribution in [-0.4, -0.2) is 66.0 Å². The molecule has 2 aromatic rings. The van der Waals surface area contributed by atoms with Crippen molar-refractivity contribution in [2.24, 2.45) is 5.73 Å². The van der Waals surface area contributed by atoms with Crippen LogP contribution in [-0.2, 0) is 27.8 Å². The number of fused-ring (bicyclic) bond motifs is 3. The van der Waals surface area contributed by atoms with E-state index in [0.29, 0.717) is 44.1 Å². The van der Waals surface area contributed by atoms with Crippen LogP contribution in [0.4, 0.5) is 11.5 Å². The van der Waals surface area contributed by atoms with Gasteiger partial charge in [0, 0.05) is 32.6 Å². The van der Waals surface area contributed by atoms with E-state index in [1.165, 1.54) is 11.6 Å². The Kier molecular flexibility index (Phi) is 5.73. The van der Waals surface area contributed by atoms with Crippen LogP contribution in [0, 0.1) is 0 Å². The van der Waals surface area contributed by atoms with E-state index in [1.807, 2.05) is 12.1 Å². The molecule has 2 atom stereocenters. The minimum Gasteiger partial charge on any atom is -0.467 e. The zero-order chi connectivity index (χ0) is 23.9. The van der Waals surface area contributed by atoms with Crippen molar-refractivity contribution in [3.63, 3.8) is 0 Å². The quantitative estimate of drug-likeness (QED) is 0.661. The molecule has 2 amide bonds. The van der Waals surface area contributed by atoms with Crippen LogP contribution in [0.3, 0.4) is 0 Å². The average Bonchev–Trinajstić information content (AvgIpc) is 2.88. The molecule has 1 aromatic carbocycles. The number of aryl methyl sites for hydroxylation is 1. The van der Waals surface area contributed by atoms with E-state index in [0.717, 1.165) is 30.5 Å². The van der Waals surface area contributed by atoms with Crippen LogP contribution in [0.5, 0.6) is 6.01 Å². The van der Waals surface area contributed by atoms with Crippen LogP contribution in [0.25, 0.3) is 0 Å². The topological polar surface area (TPSA) is 114 Å². The molecule has 3 N–H and O–H groups in total. The first-order valence-corrected chi connectivity index (χ1v) is 11.7. The van der Waals surface area contributed by atoms with Crippen molar-refractivity contribution in [2.75, 3.05) is 43.5 Å². The number of ether oxygens (including phenoxy) is 1. The summed E-state index contributed by atoms with van der Waals surface area (Å²) in [4.78, 5) is 39.0. The van der Waals surface area contributed by atoms with Gasteiger partial charge in [0.15, 0.2) is 5.82 Å². The molecule has 1 aliphatic carbocycles. The van der Waals surface area contributed by atoms with Crippen LogP contribution in [0.15, 0.2) is 36.9 Å². The summed E-state index contributed by atoms with van der Waals surface area (Å²) in [5.41, 5.74) is 9.06. The highest BCUT2D eigenvalue weighted by Crippen LogP contribution is 2.46. The lowest BCUT2D eigenvalue weighted by atomic mass is 9.65. The van der Waals surface area contributed by atoms with Gasteiger partial charge in [0.25, 0.3) is 0 Å². The fourth-order valence-electron chi connectivity index (χ4n) is 5.64. The third-order valence-electron chi connectivity index (χ3n) is 7.36. The first-order valence-electron chi connectivity index (χ1n) is 11.7. The Morgan fingerprint density at radius 1 is 1.35 bits per heavy atom. The third-order valence-corrected chi connectivity index (χ3v) is 7.36. The van der Waals surface area contributed by atoms with Gasteiger partial charge in [-0.3, -0.25) is 9.59 Å². The maximum Gasteiger partial charge on any atom is 0.318 e. The van der Waals surface area contributed by atoms with E-state index >= 15 is 0 Å². The summed E-state index contributed by atoms with van der Waals surface area (Å²) in [7, 11) is 1.54. The second-order valence-electron chi connectivity index (χ2n) is 9.15. The fraction of sp³-hybridized carbons (Fsp3) is 0.440. The van der Waals surface area contributed by atoms with Crippen molar-refractivity contribution in [1.82, 2.24) is 14.9 Å². The van der Waals surface area contributed by atoms with Gasteiger partial charge >= 0.3 is 6.01 Å². The molecule has 9 nitrogen and oxygen atoms in total. The molecule has 3 aliphatic rings. The molecule has 178 valence electrons. The number of methoxy groups -OCH3 is 1. The number of anilines is 2. The molecule has 1 unspecified atom stereocenters. The summed E-state index contributed by atoms with van der Waals surface area (Å²) in [6.45, 7) is 5.44. The molecule has 9 heteroatoms. The van der Waals surface area contributed by atoms with Crippen molar-refractivity contribution in [3.8, 4) is 6.01 Å². The van der Waals surface area contributed by atoms with Gasteiger partial charge in [-0.05, 0) is 36.5 Å². The number of rotatable bonds is 4. The number of hydrogen-bond acceptors (Lipinski definition) is 7. The van der Waals surface area contributed by atoms with Crippen molar-refractivity contribution < 1.29 is 14.3 Å². The normalized spacial score (nSPS) is 23.7. The van der Waals surface area contributed by atoms with E-state index in [-0.39, 0.29) is 23.9 Å². The van der Waals surface area contributed by atoms with E-state index in [9.17, 15) is 9.59 Å². The zero-order valence-corrected chi connectivity index (χ0v) is 19.4. The highest BCUT2D eigenvalue weighted by Gasteiger charge is 2.48. The molecule has 0 saturated carbocycles. The number of carbonyl (C=O) groups is 2. The lowest BCUT2D eigenvalue weighted by molar-refractivity contribution is -0.128. The smallest absolute Gasteiger partial charge is 0.318 e. The molecule has 2 aliphatic heterocycles. The summed E-state index contributed by atoms with van der Waals surface area (Å²) < 4.78 is 5.45. The van der Waals surface area contributed by atoms with Gasteiger partial charge in [0.1, 0.15) is 5.69 Å². The van der Waals surface area contributed by atoms with Gasteiger partial charge < -0.3 is 25.6 Å². The molecule has 1 saturated heterocycles. The molecule has 1 spiro atoms.